The van der Waals surface area contributed by atoms with E-state index < -0.39 is 10.5 Å². The number of ketones is 1. The molecular formula is C15H17ClN2O2. The minimum Gasteiger partial charge on any atom is -0.457 e. The minimum absolute atomic E-state index is 0.259. The van der Waals surface area contributed by atoms with Gasteiger partial charge in [0.1, 0.15) is 5.75 Å². The largest absolute Gasteiger partial charge is 0.457 e. The zero-order valence-electron chi connectivity index (χ0n) is 11.7. The van der Waals surface area contributed by atoms with Crippen molar-refractivity contribution in [2.24, 2.45) is 5.41 Å². The normalized spacial score (nSPS) is 14.6. The maximum atomic E-state index is 12.7. The van der Waals surface area contributed by atoms with E-state index in [4.69, 9.17) is 16.3 Å². The summed E-state index contributed by atoms with van der Waals surface area (Å²) >= 11 is 6.51. The van der Waals surface area contributed by atoms with Crippen LogP contribution in [0.5, 0.6) is 5.75 Å². The molecular weight excluding hydrogens is 276 g/mol. The summed E-state index contributed by atoms with van der Waals surface area (Å²) in [6.07, 6.45) is 3.15. The van der Waals surface area contributed by atoms with E-state index in [0.717, 1.165) is 0 Å². The van der Waals surface area contributed by atoms with Crippen molar-refractivity contribution in [2.75, 3.05) is 0 Å². The molecule has 0 aliphatic rings. The summed E-state index contributed by atoms with van der Waals surface area (Å²) in [6, 6.07) is 8.99. The number of hydrogen-bond acceptors (Lipinski definition) is 3. The van der Waals surface area contributed by atoms with Crippen LogP contribution in [0.2, 0.25) is 0 Å². The lowest BCUT2D eigenvalue weighted by Gasteiger charge is -2.30. The Morgan fingerprint density at radius 1 is 1.25 bits per heavy atom. The highest BCUT2D eigenvalue weighted by molar-refractivity contribution is 6.34. The standard InChI is InChI=1S/C15H17ClN2O2/c1-14(2,3)12(19)15(16,13-17-9-10-18-13)20-11-7-5-4-6-8-11/h4-10H,1-3H3,(H,17,18). The van der Waals surface area contributed by atoms with Gasteiger partial charge in [0.15, 0.2) is 5.82 Å². The van der Waals surface area contributed by atoms with E-state index in [1.54, 1.807) is 39.1 Å². The summed E-state index contributed by atoms with van der Waals surface area (Å²) in [5.74, 6) is 0.532. The lowest BCUT2D eigenvalue weighted by atomic mass is 9.87. The highest BCUT2D eigenvalue weighted by Crippen LogP contribution is 2.37. The fourth-order valence-corrected chi connectivity index (χ4v) is 2.25. The molecule has 1 heterocycles. The van der Waals surface area contributed by atoms with Crippen LogP contribution < -0.4 is 4.74 Å². The first-order chi connectivity index (χ1) is 9.34. The molecule has 0 aliphatic carbocycles. The van der Waals surface area contributed by atoms with Gasteiger partial charge in [0, 0.05) is 17.8 Å². The molecule has 0 fully saturated rings. The second-order valence-corrected chi connectivity index (χ2v) is 6.06. The van der Waals surface area contributed by atoms with Crippen LogP contribution in [0.4, 0.5) is 0 Å². The fraction of sp³-hybridized carbons (Fsp3) is 0.333. The molecule has 1 unspecified atom stereocenters. The summed E-state index contributed by atoms with van der Waals surface area (Å²) < 4.78 is 5.76. The van der Waals surface area contributed by atoms with Gasteiger partial charge in [0.05, 0.1) is 0 Å². The van der Waals surface area contributed by atoms with Gasteiger partial charge >= 0.3 is 0 Å². The van der Waals surface area contributed by atoms with Crippen LogP contribution in [-0.2, 0) is 9.85 Å². The van der Waals surface area contributed by atoms with Crippen molar-refractivity contribution in [2.45, 2.75) is 25.8 Å². The molecule has 2 rings (SSSR count). The minimum atomic E-state index is -1.66. The van der Waals surface area contributed by atoms with Crippen LogP contribution in [0.15, 0.2) is 42.7 Å². The van der Waals surface area contributed by atoms with Crippen molar-refractivity contribution in [3.63, 3.8) is 0 Å². The van der Waals surface area contributed by atoms with Gasteiger partial charge in [-0.15, -0.1) is 0 Å². The van der Waals surface area contributed by atoms with Crippen LogP contribution in [-0.4, -0.2) is 15.8 Å². The summed E-state index contributed by atoms with van der Waals surface area (Å²) in [7, 11) is 0. The molecule has 0 spiro atoms. The van der Waals surface area contributed by atoms with Crippen LogP contribution >= 0.6 is 11.6 Å². The van der Waals surface area contributed by atoms with Crippen LogP contribution in [0, 0.1) is 5.41 Å². The Morgan fingerprint density at radius 3 is 2.40 bits per heavy atom. The molecule has 106 valence electrons. The second kappa shape index (κ2) is 5.29. The Balaban J connectivity index is 2.43. The van der Waals surface area contributed by atoms with Gasteiger partial charge in [-0.2, -0.15) is 0 Å². The molecule has 0 bridgehead atoms. The number of H-pyrrole nitrogens is 1. The van der Waals surface area contributed by atoms with Crippen molar-refractivity contribution < 1.29 is 9.53 Å². The first-order valence-electron chi connectivity index (χ1n) is 6.32. The van der Waals surface area contributed by atoms with Gasteiger partial charge in [-0.3, -0.25) is 4.79 Å². The molecule has 1 atom stereocenters. The number of hydrogen-bond donors (Lipinski definition) is 1. The Labute approximate surface area is 123 Å². The van der Waals surface area contributed by atoms with Gasteiger partial charge < -0.3 is 9.72 Å². The van der Waals surface area contributed by atoms with Crippen molar-refractivity contribution in [1.29, 1.82) is 0 Å². The topological polar surface area (TPSA) is 55.0 Å². The average Bonchev–Trinajstić information content (AvgIpc) is 2.92. The zero-order valence-corrected chi connectivity index (χ0v) is 12.4. The fourth-order valence-electron chi connectivity index (χ4n) is 1.78. The third-order valence-electron chi connectivity index (χ3n) is 2.78. The average molecular weight is 293 g/mol. The number of imidazole rings is 1. The molecule has 0 amide bonds. The van der Waals surface area contributed by atoms with E-state index in [-0.39, 0.29) is 11.6 Å². The summed E-state index contributed by atoms with van der Waals surface area (Å²) in [4.78, 5) is 19.6. The molecule has 0 saturated heterocycles. The lowest BCUT2D eigenvalue weighted by molar-refractivity contribution is -0.137. The number of Topliss-reactive ketones (excluding diaryl/α,β-unsaturated/α-hetero) is 1. The number of rotatable bonds is 4. The van der Waals surface area contributed by atoms with Crippen molar-refractivity contribution in [3.05, 3.63) is 48.5 Å². The Bertz CT molecular complexity index is 576. The number of alkyl halides is 1. The van der Waals surface area contributed by atoms with Gasteiger partial charge in [0.25, 0.3) is 5.06 Å². The van der Waals surface area contributed by atoms with Gasteiger partial charge in [-0.25, -0.2) is 4.98 Å². The number of halogens is 1. The van der Waals surface area contributed by atoms with E-state index in [1.807, 2.05) is 18.2 Å². The monoisotopic (exact) mass is 292 g/mol. The summed E-state index contributed by atoms with van der Waals surface area (Å²) in [5.41, 5.74) is -0.663. The molecule has 5 heteroatoms. The van der Waals surface area contributed by atoms with Crippen LogP contribution in [0.25, 0.3) is 0 Å². The number of carbonyl (C=O) groups is 1. The number of nitrogens with one attached hydrogen (secondary N) is 1. The SMILES string of the molecule is CC(C)(C)C(=O)C(Cl)(Oc1ccccc1)c1ncc[nH]1. The predicted molar refractivity (Wildman–Crippen MR) is 77.7 cm³/mol. The van der Waals surface area contributed by atoms with E-state index in [2.05, 4.69) is 9.97 Å². The quantitative estimate of drug-likeness (QED) is 0.878. The third-order valence-corrected chi connectivity index (χ3v) is 3.21. The van der Waals surface area contributed by atoms with E-state index in [1.165, 1.54) is 6.20 Å². The van der Waals surface area contributed by atoms with E-state index >= 15 is 0 Å². The first-order valence-corrected chi connectivity index (χ1v) is 6.69. The molecule has 0 aliphatic heterocycles. The Kier molecular flexibility index (Phi) is 3.86. The van der Waals surface area contributed by atoms with Crippen LogP contribution in [0.1, 0.15) is 26.6 Å². The first kappa shape index (κ1) is 14.6. The van der Waals surface area contributed by atoms with Gasteiger partial charge in [-0.1, -0.05) is 50.6 Å². The number of para-hydroxylation sites is 1. The zero-order chi connectivity index (χ0) is 14.8. The molecule has 4 nitrogen and oxygen atoms in total. The van der Waals surface area contributed by atoms with Gasteiger partial charge in [0.2, 0.25) is 5.78 Å². The van der Waals surface area contributed by atoms with Gasteiger partial charge in [-0.05, 0) is 12.1 Å². The maximum Gasteiger partial charge on any atom is 0.299 e. The molecule has 1 aromatic carbocycles. The molecule has 1 aromatic heterocycles. The number of nitrogens with zero attached hydrogens (tertiary/aromatic N) is 1. The summed E-state index contributed by atoms with van der Waals surface area (Å²) in [6.45, 7) is 5.39. The third kappa shape index (κ3) is 2.85. The van der Waals surface area contributed by atoms with Crippen molar-refractivity contribution in [3.8, 4) is 5.75 Å². The number of benzene rings is 1. The van der Waals surface area contributed by atoms with Crippen molar-refractivity contribution >= 4 is 17.4 Å². The number of carbonyl (C=O) groups excluding carboxylic acids is 1. The van der Waals surface area contributed by atoms with E-state index in [9.17, 15) is 4.79 Å². The maximum absolute atomic E-state index is 12.7. The smallest absolute Gasteiger partial charge is 0.299 e. The Morgan fingerprint density at radius 2 is 1.90 bits per heavy atom. The number of aromatic nitrogens is 2. The predicted octanol–water partition coefficient (Wildman–Crippen LogP) is 3.50. The van der Waals surface area contributed by atoms with Crippen LogP contribution in [0.3, 0.4) is 0 Å². The summed E-state index contributed by atoms with van der Waals surface area (Å²) in [5, 5.41) is -1.66. The highest BCUT2D eigenvalue weighted by atomic mass is 35.5. The molecule has 0 saturated carbocycles. The second-order valence-electron chi connectivity index (χ2n) is 5.53. The highest BCUT2D eigenvalue weighted by Gasteiger charge is 2.48. The Hall–Kier alpha value is -1.81. The molecule has 20 heavy (non-hydrogen) atoms. The number of ether oxygens (including phenoxy) is 1. The molecule has 2 aromatic rings. The molecule has 0 radical (unpaired) electrons. The molecule has 1 N–H and O–H groups in total. The lowest BCUT2D eigenvalue weighted by Crippen LogP contribution is -2.44. The van der Waals surface area contributed by atoms with E-state index in [0.29, 0.717) is 5.75 Å². The van der Waals surface area contributed by atoms with Crippen molar-refractivity contribution in [1.82, 2.24) is 9.97 Å². The number of aromatic amines is 1.